The van der Waals surface area contributed by atoms with Crippen LogP contribution in [-0.4, -0.2) is 17.4 Å². The SMILES string of the molecule is CCCCCc1c(/C=C/C(=O)NCCCCc2cccnc2)oc2cc(C)ccc12. The smallest absolute Gasteiger partial charge is 0.244 e. The van der Waals surface area contributed by atoms with Gasteiger partial charge >= 0.3 is 0 Å². The molecule has 4 nitrogen and oxygen atoms in total. The molecule has 0 aliphatic rings. The van der Waals surface area contributed by atoms with Crippen LogP contribution < -0.4 is 5.32 Å². The lowest BCUT2D eigenvalue weighted by Crippen LogP contribution is -2.22. The lowest BCUT2D eigenvalue weighted by Gasteiger charge is -2.03. The zero-order valence-electron chi connectivity index (χ0n) is 18.1. The molecule has 1 N–H and O–H groups in total. The zero-order valence-corrected chi connectivity index (χ0v) is 18.1. The number of nitrogens with one attached hydrogen (secondary N) is 1. The van der Waals surface area contributed by atoms with Gasteiger partial charge in [-0.3, -0.25) is 9.78 Å². The molecule has 0 saturated heterocycles. The molecule has 0 radical (unpaired) electrons. The summed E-state index contributed by atoms with van der Waals surface area (Å²) in [7, 11) is 0. The zero-order chi connectivity index (χ0) is 21.2. The maximum atomic E-state index is 12.2. The first kappa shape index (κ1) is 21.8. The first-order valence-corrected chi connectivity index (χ1v) is 11.0. The number of rotatable bonds is 11. The molecule has 4 heteroatoms. The van der Waals surface area contributed by atoms with Crippen molar-refractivity contribution >= 4 is 23.0 Å². The van der Waals surface area contributed by atoms with Crippen LogP contribution in [0.5, 0.6) is 0 Å². The summed E-state index contributed by atoms with van der Waals surface area (Å²) >= 11 is 0. The molecular formula is C26H32N2O2. The lowest BCUT2D eigenvalue weighted by atomic mass is 10.0. The fourth-order valence-corrected chi connectivity index (χ4v) is 3.64. The number of unbranched alkanes of at least 4 members (excludes halogenated alkanes) is 3. The number of benzene rings is 1. The van der Waals surface area contributed by atoms with Crippen LogP contribution >= 0.6 is 0 Å². The average Bonchev–Trinajstić information content (AvgIpc) is 3.09. The van der Waals surface area contributed by atoms with Gasteiger partial charge in [-0.1, -0.05) is 38.0 Å². The highest BCUT2D eigenvalue weighted by Crippen LogP contribution is 2.29. The van der Waals surface area contributed by atoms with Crippen LogP contribution in [0.2, 0.25) is 0 Å². The van der Waals surface area contributed by atoms with Crippen molar-refractivity contribution in [2.24, 2.45) is 0 Å². The topological polar surface area (TPSA) is 55.1 Å². The van der Waals surface area contributed by atoms with E-state index in [0.29, 0.717) is 6.54 Å². The van der Waals surface area contributed by atoms with Gasteiger partial charge in [0.2, 0.25) is 5.91 Å². The van der Waals surface area contributed by atoms with Crippen molar-refractivity contribution in [3.8, 4) is 0 Å². The molecule has 0 spiro atoms. The predicted octanol–water partition coefficient (Wildman–Crippen LogP) is 6.02. The Hall–Kier alpha value is -2.88. The fraction of sp³-hybridized carbons (Fsp3) is 0.385. The number of carbonyl (C=O) groups excluding carboxylic acids is 1. The van der Waals surface area contributed by atoms with Crippen molar-refractivity contribution < 1.29 is 9.21 Å². The third-order valence-electron chi connectivity index (χ3n) is 5.31. The molecule has 0 fully saturated rings. The van der Waals surface area contributed by atoms with Gasteiger partial charge < -0.3 is 9.73 Å². The molecule has 1 amide bonds. The van der Waals surface area contributed by atoms with Gasteiger partial charge in [0.1, 0.15) is 11.3 Å². The van der Waals surface area contributed by atoms with E-state index in [2.05, 4.69) is 48.4 Å². The Bertz CT molecular complexity index is 973. The second kappa shape index (κ2) is 11.3. The second-order valence-electron chi connectivity index (χ2n) is 7.84. The summed E-state index contributed by atoms with van der Waals surface area (Å²) in [5.74, 6) is 0.728. The number of amides is 1. The number of carbonyl (C=O) groups is 1. The minimum atomic E-state index is -0.0764. The highest BCUT2D eigenvalue weighted by molar-refractivity contribution is 5.93. The molecule has 0 saturated carbocycles. The Morgan fingerprint density at radius 2 is 2.00 bits per heavy atom. The number of hydrogen-bond donors (Lipinski definition) is 1. The van der Waals surface area contributed by atoms with Crippen molar-refractivity contribution in [2.45, 2.75) is 58.8 Å². The Morgan fingerprint density at radius 3 is 2.80 bits per heavy atom. The molecule has 0 aliphatic heterocycles. The molecule has 3 rings (SSSR count). The minimum Gasteiger partial charge on any atom is -0.456 e. The maximum Gasteiger partial charge on any atom is 0.244 e. The van der Waals surface area contributed by atoms with E-state index >= 15 is 0 Å². The van der Waals surface area contributed by atoms with E-state index in [1.807, 2.05) is 18.3 Å². The van der Waals surface area contributed by atoms with E-state index in [1.54, 1.807) is 12.3 Å². The third-order valence-corrected chi connectivity index (χ3v) is 5.31. The second-order valence-corrected chi connectivity index (χ2v) is 7.84. The standard InChI is InChI=1S/C26H32N2O2/c1-3-4-5-11-22-23-13-12-20(2)18-25(23)30-24(22)14-15-26(29)28-17-7-6-9-21-10-8-16-27-19-21/h8,10,12-16,18-19H,3-7,9,11,17H2,1-2H3,(H,28,29)/b15-14+. The Kier molecular flexibility index (Phi) is 8.25. The molecule has 3 aromatic rings. The van der Waals surface area contributed by atoms with Crippen molar-refractivity contribution in [2.75, 3.05) is 6.54 Å². The summed E-state index contributed by atoms with van der Waals surface area (Å²) in [5, 5.41) is 4.13. The predicted molar refractivity (Wildman–Crippen MR) is 123 cm³/mol. The van der Waals surface area contributed by atoms with Crippen LogP contribution in [0.4, 0.5) is 0 Å². The third kappa shape index (κ3) is 6.31. The van der Waals surface area contributed by atoms with E-state index in [-0.39, 0.29) is 5.91 Å². The van der Waals surface area contributed by atoms with Gasteiger partial charge in [-0.15, -0.1) is 0 Å². The van der Waals surface area contributed by atoms with Crippen LogP contribution in [0.1, 0.15) is 61.5 Å². The summed E-state index contributed by atoms with van der Waals surface area (Å²) in [6.45, 7) is 4.95. The van der Waals surface area contributed by atoms with Gasteiger partial charge in [-0.25, -0.2) is 0 Å². The van der Waals surface area contributed by atoms with E-state index in [1.165, 1.54) is 29.5 Å². The van der Waals surface area contributed by atoms with Gasteiger partial charge in [0, 0.05) is 36.0 Å². The highest BCUT2D eigenvalue weighted by Gasteiger charge is 2.12. The van der Waals surface area contributed by atoms with Crippen molar-refractivity contribution in [1.29, 1.82) is 0 Å². The Labute approximate surface area is 179 Å². The molecule has 2 aromatic heterocycles. The van der Waals surface area contributed by atoms with Crippen molar-refractivity contribution in [3.05, 3.63) is 71.3 Å². The molecule has 158 valence electrons. The first-order valence-electron chi connectivity index (χ1n) is 11.0. The minimum absolute atomic E-state index is 0.0764. The number of aryl methyl sites for hydroxylation is 3. The maximum absolute atomic E-state index is 12.2. The Morgan fingerprint density at radius 1 is 1.13 bits per heavy atom. The van der Waals surface area contributed by atoms with Gasteiger partial charge in [0.05, 0.1) is 0 Å². The molecule has 2 heterocycles. The van der Waals surface area contributed by atoms with E-state index in [9.17, 15) is 4.79 Å². The Balaban J connectivity index is 1.54. The molecule has 0 aliphatic carbocycles. The molecule has 30 heavy (non-hydrogen) atoms. The van der Waals surface area contributed by atoms with Crippen LogP contribution in [0.25, 0.3) is 17.0 Å². The molecule has 0 unspecified atom stereocenters. The first-order chi connectivity index (χ1) is 14.7. The van der Waals surface area contributed by atoms with Crippen LogP contribution in [-0.2, 0) is 17.6 Å². The lowest BCUT2D eigenvalue weighted by molar-refractivity contribution is -0.116. The van der Waals surface area contributed by atoms with Crippen LogP contribution in [0, 0.1) is 6.92 Å². The molecular weight excluding hydrogens is 372 g/mol. The normalized spacial score (nSPS) is 11.4. The number of pyridine rings is 1. The summed E-state index contributed by atoms with van der Waals surface area (Å²) in [5.41, 5.74) is 4.52. The quantitative estimate of drug-likeness (QED) is 0.314. The van der Waals surface area contributed by atoms with E-state index < -0.39 is 0 Å². The van der Waals surface area contributed by atoms with Gasteiger partial charge in [-0.2, -0.15) is 0 Å². The molecule has 0 atom stereocenters. The number of hydrogen-bond acceptors (Lipinski definition) is 3. The average molecular weight is 405 g/mol. The van der Waals surface area contributed by atoms with Gasteiger partial charge in [0.25, 0.3) is 0 Å². The van der Waals surface area contributed by atoms with E-state index in [0.717, 1.165) is 48.8 Å². The number of nitrogens with zero attached hydrogens (tertiary/aromatic N) is 1. The molecule has 0 bridgehead atoms. The summed E-state index contributed by atoms with van der Waals surface area (Å²) < 4.78 is 6.08. The van der Waals surface area contributed by atoms with Crippen molar-refractivity contribution in [3.63, 3.8) is 0 Å². The van der Waals surface area contributed by atoms with E-state index in [4.69, 9.17) is 4.42 Å². The molecule has 1 aromatic carbocycles. The summed E-state index contributed by atoms with van der Waals surface area (Å²) in [6, 6.07) is 10.4. The number of fused-ring (bicyclic) bond motifs is 1. The largest absolute Gasteiger partial charge is 0.456 e. The van der Waals surface area contributed by atoms with Gasteiger partial charge in [-0.05, 0) is 68.4 Å². The summed E-state index contributed by atoms with van der Waals surface area (Å²) in [6.07, 6.45) is 14.5. The highest BCUT2D eigenvalue weighted by atomic mass is 16.3. The van der Waals surface area contributed by atoms with Crippen LogP contribution in [0.15, 0.2) is 53.2 Å². The van der Waals surface area contributed by atoms with Gasteiger partial charge in [0.15, 0.2) is 0 Å². The van der Waals surface area contributed by atoms with Crippen LogP contribution in [0.3, 0.4) is 0 Å². The number of aromatic nitrogens is 1. The van der Waals surface area contributed by atoms with Crippen molar-refractivity contribution in [1.82, 2.24) is 10.3 Å². The summed E-state index contributed by atoms with van der Waals surface area (Å²) in [4.78, 5) is 16.4. The monoisotopic (exact) mass is 404 g/mol. The number of furan rings is 1. The fourth-order valence-electron chi connectivity index (χ4n) is 3.64.